The van der Waals surface area contributed by atoms with Crippen molar-refractivity contribution in [2.24, 2.45) is 5.92 Å². The molecule has 4 heteroatoms. The van der Waals surface area contributed by atoms with Crippen LogP contribution in [-0.2, 0) is 9.53 Å². The molecule has 0 heterocycles. The van der Waals surface area contributed by atoms with Crippen molar-refractivity contribution in [2.75, 3.05) is 20.2 Å². The molecule has 0 saturated heterocycles. The van der Waals surface area contributed by atoms with Gasteiger partial charge >= 0.3 is 5.97 Å². The van der Waals surface area contributed by atoms with Crippen LogP contribution in [0.2, 0.25) is 0 Å². The second-order valence-corrected chi connectivity index (χ2v) is 5.34. The van der Waals surface area contributed by atoms with Crippen LogP contribution in [0.5, 0.6) is 0 Å². The van der Waals surface area contributed by atoms with Gasteiger partial charge in [0.2, 0.25) is 0 Å². The lowest BCUT2D eigenvalue weighted by molar-refractivity contribution is -0.145. The van der Waals surface area contributed by atoms with Gasteiger partial charge in [0, 0.05) is 18.7 Å². The maximum Gasteiger partial charge on any atom is 0.310 e. The molecule has 0 spiro atoms. The molecule has 1 rings (SSSR count). The molecule has 0 radical (unpaired) electrons. The van der Waals surface area contributed by atoms with Gasteiger partial charge in [0.25, 0.3) is 5.91 Å². The highest BCUT2D eigenvalue weighted by Crippen LogP contribution is 2.13. The number of unbranched alkanes of at least 4 members (excludes halogenated alkanes) is 1. The van der Waals surface area contributed by atoms with E-state index >= 15 is 0 Å². The molecule has 0 aliphatic rings. The predicted molar refractivity (Wildman–Crippen MR) is 83.2 cm³/mol. The molecule has 0 aliphatic heterocycles. The van der Waals surface area contributed by atoms with E-state index in [1.54, 1.807) is 11.8 Å². The maximum atomic E-state index is 12.7. The van der Waals surface area contributed by atoms with Crippen molar-refractivity contribution < 1.29 is 14.3 Å². The van der Waals surface area contributed by atoms with E-state index in [-0.39, 0.29) is 17.8 Å². The first-order valence-corrected chi connectivity index (χ1v) is 7.44. The van der Waals surface area contributed by atoms with Gasteiger partial charge in [-0.2, -0.15) is 0 Å². The molecule has 21 heavy (non-hydrogen) atoms. The van der Waals surface area contributed by atoms with Gasteiger partial charge in [-0.1, -0.05) is 38.5 Å². The highest BCUT2D eigenvalue weighted by atomic mass is 16.5. The third-order valence-electron chi connectivity index (χ3n) is 3.54. The molecule has 1 atom stereocenters. The summed E-state index contributed by atoms with van der Waals surface area (Å²) in [5, 5.41) is 0. The van der Waals surface area contributed by atoms with E-state index < -0.39 is 0 Å². The summed E-state index contributed by atoms with van der Waals surface area (Å²) >= 11 is 0. The molecule has 0 aliphatic carbocycles. The van der Waals surface area contributed by atoms with E-state index in [0.717, 1.165) is 18.4 Å². The van der Waals surface area contributed by atoms with E-state index in [2.05, 4.69) is 6.92 Å². The van der Waals surface area contributed by atoms with Gasteiger partial charge < -0.3 is 9.64 Å². The number of amides is 1. The number of carbonyl (C=O) groups is 2. The maximum absolute atomic E-state index is 12.7. The quantitative estimate of drug-likeness (QED) is 0.725. The highest BCUT2D eigenvalue weighted by molar-refractivity contribution is 5.95. The number of aryl methyl sites for hydroxylation is 1. The summed E-state index contributed by atoms with van der Waals surface area (Å²) in [5.74, 6) is -0.619. The zero-order valence-corrected chi connectivity index (χ0v) is 13.4. The van der Waals surface area contributed by atoms with Crippen LogP contribution in [0.25, 0.3) is 0 Å². The number of rotatable bonds is 7. The van der Waals surface area contributed by atoms with Crippen LogP contribution >= 0.6 is 0 Å². The van der Waals surface area contributed by atoms with E-state index in [1.807, 2.05) is 31.2 Å². The summed E-state index contributed by atoms with van der Waals surface area (Å²) in [6.45, 7) is 6.84. The summed E-state index contributed by atoms with van der Waals surface area (Å²) in [5.41, 5.74) is 1.65. The van der Waals surface area contributed by atoms with Crippen LogP contribution in [0.15, 0.2) is 24.3 Å². The number of methoxy groups -OCH3 is 1. The van der Waals surface area contributed by atoms with Crippen LogP contribution in [0.4, 0.5) is 0 Å². The molecule has 1 unspecified atom stereocenters. The highest BCUT2D eigenvalue weighted by Gasteiger charge is 2.22. The van der Waals surface area contributed by atoms with Crippen molar-refractivity contribution in [1.82, 2.24) is 4.90 Å². The number of hydrogen-bond acceptors (Lipinski definition) is 3. The summed E-state index contributed by atoms with van der Waals surface area (Å²) in [6.07, 6.45) is 1.93. The zero-order chi connectivity index (χ0) is 15.8. The van der Waals surface area contributed by atoms with Crippen LogP contribution in [0.1, 0.15) is 42.6 Å². The molecule has 1 aromatic carbocycles. The van der Waals surface area contributed by atoms with Crippen molar-refractivity contribution in [3.8, 4) is 0 Å². The lowest BCUT2D eigenvalue weighted by atomic mass is 10.1. The minimum atomic E-state index is -0.320. The molecular formula is C17H25NO3. The average molecular weight is 291 g/mol. The Morgan fingerprint density at radius 3 is 2.52 bits per heavy atom. The first kappa shape index (κ1) is 17.2. The van der Waals surface area contributed by atoms with Gasteiger partial charge in [0.1, 0.15) is 0 Å². The van der Waals surface area contributed by atoms with E-state index in [1.165, 1.54) is 7.11 Å². The van der Waals surface area contributed by atoms with Crippen molar-refractivity contribution in [3.05, 3.63) is 35.4 Å². The SMILES string of the molecule is CCCCN(CC(C)C(=O)OC)C(=O)c1ccccc1C. The van der Waals surface area contributed by atoms with Gasteiger partial charge in [0.05, 0.1) is 13.0 Å². The minimum Gasteiger partial charge on any atom is -0.469 e. The fourth-order valence-electron chi connectivity index (χ4n) is 2.21. The van der Waals surface area contributed by atoms with Gasteiger partial charge in [-0.15, -0.1) is 0 Å². The van der Waals surface area contributed by atoms with Gasteiger partial charge in [-0.3, -0.25) is 9.59 Å². The lowest BCUT2D eigenvalue weighted by Crippen LogP contribution is -2.38. The number of esters is 1. The monoisotopic (exact) mass is 291 g/mol. The van der Waals surface area contributed by atoms with Crippen molar-refractivity contribution in [3.63, 3.8) is 0 Å². The number of ether oxygens (including phenoxy) is 1. The Bertz CT molecular complexity index is 485. The standard InChI is InChI=1S/C17H25NO3/c1-5-6-11-18(12-14(3)17(20)21-4)16(19)15-10-8-7-9-13(15)2/h7-10,14H,5-6,11-12H2,1-4H3. The molecule has 0 saturated carbocycles. The molecule has 116 valence electrons. The zero-order valence-electron chi connectivity index (χ0n) is 13.4. The normalized spacial score (nSPS) is 11.8. The predicted octanol–water partition coefficient (Wildman–Crippen LogP) is 3.05. The van der Waals surface area contributed by atoms with Crippen LogP contribution in [-0.4, -0.2) is 37.0 Å². The Kier molecular flexibility index (Phi) is 6.92. The Balaban J connectivity index is 2.89. The van der Waals surface area contributed by atoms with Crippen LogP contribution in [0.3, 0.4) is 0 Å². The minimum absolute atomic E-state index is 0.0164. The van der Waals surface area contributed by atoms with Gasteiger partial charge in [-0.25, -0.2) is 0 Å². The molecule has 0 bridgehead atoms. The second-order valence-electron chi connectivity index (χ2n) is 5.34. The summed E-state index contributed by atoms with van der Waals surface area (Å²) in [4.78, 5) is 26.0. The summed E-state index contributed by atoms with van der Waals surface area (Å²) in [7, 11) is 1.37. The smallest absolute Gasteiger partial charge is 0.310 e. The number of carbonyl (C=O) groups excluding carboxylic acids is 2. The third kappa shape index (κ3) is 4.88. The topological polar surface area (TPSA) is 46.6 Å². The molecule has 4 nitrogen and oxygen atoms in total. The third-order valence-corrected chi connectivity index (χ3v) is 3.54. The first-order valence-electron chi connectivity index (χ1n) is 7.44. The Morgan fingerprint density at radius 2 is 1.95 bits per heavy atom. The Hall–Kier alpha value is -1.84. The number of hydrogen-bond donors (Lipinski definition) is 0. The molecule has 0 aromatic heterocycles. The lowest BCUT2D eigenvalue weighted by Gasteiger charge is -2.25. The fourth-order valence-corrected chi connectivity index (χ4v) is 2.21. The summed E-state index contributed by atoms with van der Waals surface area (Å²) in [6, 6.07) is 7.54. The van der Waals surface area contributed by atoms with E-state index in [9.17, 15) is 9.59 Å². The Morgan fingerprint density at radius 1 is 1.29 bits per heavy atom. The summed E-state index contributed by atoms with van der Waals surface area (Å²) < 4.78 is 4.75. The van der Waals surface area contributed by atoms with Crippen molar-refractivity contribution in [2.45, 2.75) is 33.6 Å². The van der Waals surface area contributed by atoms with Crippen molar-refractivity contribution in [1.29, 1.82) is 0 Å². The fraction of sp³-hybridized carbons (Fsp3) is 0.529. The molecule has 1 aromatic rings. The largest absolute Gasteiger partial charge is 0.469 e. The van der Waals surface area contributed by atoms with Gasteiger partial charge in [0.15, 0.2) is 0 Å². The van der Waals surface area contributed by atoms with E-state index in [0.29, 0.717) is 18.7 Å². The average Bonchev–Trinajstić information content (AvgIpc) is 2.50. The number of benzene rings is 1. The molecule has 0 N–H and O–H groups in total. The first-order chi connectivity index (χ1) is 10.0. The van der Waals surface area contributed by atoms with Crippen LogP contribution < -0.4 is 0 Å². The molecule has 0 fully saturated rings. The number of nitrogens with zero attached hydrogens (tertiary/aromatic N) is 1. The van der Waals surface area contributed by atoms with Crippen molar-refractivity contribution >= 4 is 11.9 Å². The molecule has 1 amide bonds. The van der Waals surface area contributed by atoms with E-state index in [4.69, 9.17) is 4.74 Å². The van der Waals surface area contributed by atoms with Crippen LogP contribution in [0, 0.1) is 12.8 Å². The van der Waals surface area contributed by atoms with Gasteiger partial charge in [-0.05, 0) is 25.0 Å². The Labute approximate surface area is 127 Å². The molecular weight excluding hydrogens is 266 g/mol. The second kappa shape index (κ2) is 8.45.